The van der Waals surface area contributed by atoms with Gasteiger partial charge in [0.15, 0.2) is 0 Å². The maximum Gasteiger partial charge on any atom is 0.0855 e. The van der Waals surface area contributed by atoms with Crippen LogP contribution in [0.2, 0.25) is 0 Å². The van der Waals surface area contributed by atoms with E-state index in [1.165, 1.54) is 238 Å². The molecule has 0 fully saturated rings. The number of hydrogen-bond donors (Lipinski definition) is 1. The molecule has 0 unspecified atom stereocenters. The van der Waals surface area contributed by atoms with Crippen molar-refractivity contribution in [3.05, 3.63) is 0 Å². The third kappa shape index (κ3) is 59.2. The van der Waals surface area contributed by atoms with Crippen LogP contribution in [-0.2, 0) is 95.6 Å². The molecular formula is C42H86O20. The van der Waals surface area contributed by atoms with Crippen molar-refractivity contribution in [1.82, 2.24) is 0 Å². The highest BCUT2D eigenvalue weighted by Crippen LogP contribution is 2.18. The van der Waals surface area contributed by atoms with Crippen LogP contribution in [0.5, 0.6) is 0 Å². The molecule has 0 atom stereocenters. The second-order valence-corrected chi connectivity index (χ2v) is 15.8. The van der Waals surface area contributed by atoms with E-state index in [1.807, 2.05) is 0 Å². The number of unbranched alkanes of at least 4 members (excludes halogenated alkanes) is 39. The monoisotopic (exact) mass is 911 g/mol. The van der Waals surface area contributed by atoms with E-state index in [2.05, 4.69) is 97.6 Å². The molecule has 0 aliphatic rings. The zero-order valence-corrected chi connectivity index (χ0v) is 38.2. The summed E-state index contributed by atoms with van der Waals surface area (Å²) in [6, 6.07) is 0. The first kappa shape index (κ1) is 61.2. The zero-order valence-electron chi connectivity index (χ0n) is 38.2. The van der Waals surface area contributed by atoms with Gasteiger partial charge in [-0.15, -0.1) is 0 Å². The van der Waals surface area contributed by atoms with Gasteiger partial charge in [-0.3, -0.25) is 0 Å². The Hall–Kier alpha value is -0.800. The van der Waals surface area contributed by atoms with Crippen LogP contribution in [0.1, 0.15) is 264 Å². The summed E-state index contributed by atoms with van der Waals surface area (Å²) in [5.74, 6) is 0. The second kappa shape index (κ2) is 60.2. The van der Waals surface area contributed by atoms with Gasteiger partial charge in [0.2, 0.25) is 0 Å². The molecule has 0 bridgehead atoms. The Morgan fingerprint density at radius 3 is 0.548 bits per heavy atom. The molecule has 0 saturated carbocycles. The standard InChI is InChI=1S/C42H86O20/c1-2-3-4-5-6-7-8-9-10-11-12-13-14-15-16-17-18-19-20-21-22-23-24-25-26-27-28-29-30-31-32-33-34-35-36-37-38-39-40-41-42-44-46-48-50-52-54-56-58-60-62-61-59-57-55-53-51-49-47-45-43/h43H,2-42H2,1H3. The van der Waals surface area contributed by atoms with Crippen LogP contribution < -0.4 is 0 Å². The first-order valence-corrected chi connectivity index (χ1v) is 24.2. The highest BCUT2D eigenvalue weighted by molar-refractivity contribution is 4.53. The van der Waals surface area contributed by atoms with Gasteiger partial charge < -0.3 is 0 Å². The first-order chi connectivity index (χ1) is 30.9. The first-order valence-electron chi connectivity index (χ1n) is 24.2. The predicted octanol–water partition coefficient (Wildman–Crippen LogP) is 14.9. The van der Waals surface area contributed by atoms with Crippen molar-refractivity contribution in [3.63, 3.8) is 0 Å². The predicted molar refractivity (Wildman–Crippen MR) is 218 cm³/mol. The Kier molecular flexibility index (Phi) is 59.4. The summed E-state index contributed by atoms with van der Waals surface area (Å²) in [5.41, 5.74) is 0. The highest BCUT2D eigenvalue weighted by atomic mass is 18.0. The normalized spacial score (nSPS) is 11.7. The van der Waals surface area contributed by atoms with E-state index in [0.29, 0.717) is 6.61 Å². The van der Waals surface area contributed by atoms with Crippen molar-refractivity contribution in [3.8, 4) is 0 Å². The molecular weight excluding hydrogens is 824 g/mol. The molecule has 0 spiro atoms. The van der Waals surface area contributed by atoms with Crippen LogP contribution in [0.4, 0.5) is 0 Å². The Morgan fingerprint density at radius 2 is 0.355 bits per heavy atom. The highest BCUT2D eigenvalue weighted by Gasteiger charge is 2.02. The van der Waals surface area contributed by atoms with Gasteiger partial charge in [-0.1, -0.05) is 257 Å². The van der Waals surface area contributed by atoms with E-state index < -0.39 is 0 Å². The van der Waals surface area contributed by atoms with Gasteiger partial charge in [-0.25, -0.2) is 10.1 Å². The smallest absolute Gasteiger partial charge is 0.0855 e. The number of rotatable bonds is 59. The Balaban J connectivity index is 3.06. The van der Waals surface area contributed by atoms with Crippen molar-refractivity contribution in [2.24, 2.45) is 0 Å². The van der Waals surface area contributed by atoms with Crippen LogP contribution in [0.15, 0.2) is 0 Å². The van der Waals surface area contributed by atoms with E-state index in [0.717, 1.165) is 19.3 Å². The molecule has 0 amide bonds. The van der Waals surface area contributed by atoms with Gasteiger partial charge in [0.25, 0.3) is 0 Å². The summed E-state index contributed by atoms with van der Waals surface area (Å²) in [4.78, 5) is 4.74. The zero-order chi connectivity index (χ0) is 44.4. The van der Waals surface area contributed by atoms with Gasteiger partial charge in [0, 0.05) is 10.1 Å². The third-order valence-electron chi connectivity index (χ3n) is 10.6. The SMILES string of the molecule is CCCCCCCCCCCCCCCCCCCCCCCCCCCCCCCCCCCCCCCCCCOOOOOOOOOOOOOOOOOOOO. The summed E-state index contributed by atoms with van der Waals surface area (Å²) in [6.07, 6.45) is 55.6. The summed E-state index contributed by atoms with van der Waals surface area (Å²) < 4.78 is 0. The van der Waals surface area contributed by atoms with Gasteiger partial charge >= 0.3 is 0 Å². The van der Waals surface area contributed by atoms with Gasteiger partial charge in [0.1, 0.15) is 0 Å². The molecule has 0 aromatic carbocycles. The Labute approximate surface area is 370 Å². The topological polar surface area (TPSA) is 196 Å². The van der Waals surface area contributed by atoms with Crippen LogP contribution >= 0.6 is 0 Å². The van der Waals surface area contributed by atoms with Gasteiger partial charge in [-0.05, 0) is 87.0 Å². The molecule has 0 saturated heterocycles. The van der Waals surface area contributed by atoms with Crippen LogP contribution in [0, 0.1) is 0 Å². The van der Waals surface area contributed by atoms with E-state index in [-0.39, 0.29) is 0 Å². The molecule has 0 aromatic rings. The minimum Gasteiger partial charge on any atom is -0.219 e. The van der Waals surface area contributed by atoms with Crippen LogP contribution in [-0.4, -0.2) is 11.9 Å². The van der Waals surface area contributed by atoms with Crippen molar-refractivity contribution >= 4 is 0 Å². The molecule has 0 rings (SSSR count). The van der Waals surface area contributed by atoms with E-state index in [4.69, 9.17) is 10.1 Å². The molecule has 0 heterocycles. The second-order valence-electron chi connectivity index (χ2n) is 15.8. The molecule has 0 aromatic heterocycles. The van der Waals surface area contributed by atoms with Crippen molar-refractivity contribution in [1.29, 1.82) is 0 Å². The van der Waals surface area contributed by atoms with E-state index >= 15 is 0 Å². The Morgan fingerprint density at radius 1 is 0.194 bits per heavy atom. The van der Waals surface area contributed by atoms with Crippen LogP contribution in [0.3, 0.4) is 0 Å². The Bertz CT molecular complexity index is 705. The molecule has 0 radical (unpaired) electrons. The van der Waals surface area contributed by atoms with E-state index in [9.17, 15) is 0 Å². The molecule has 20 nitrogen and oxygen atoms in total. The summed E-state index contributed by atoms with van der Waals surface area (Å²) in [6.45, 7) is 2.60. The van der Waals surface area contributed by atoms with Gasteiger partial charge in [-0.2, -0.15) is 0 Å². The lowest BCUT2D eigenvalue weighted by atomic mass is 10.0. The molecule has 0 aliphatic heterocycles. The quantitative estimate of drug-likeness (QED) is 0.0343. The summed E-state index contributed by atoms with van der Waals surface area (Å²) in [5, 5.41) is 73.0. The lowest BCUT2D eigenvalue weighted by Crippen LogP contribution is -2.05. The molecule has 1 N–H and O–H groups in total. The average molecular weight is 911 g/mol. The van der Waals surface area contributed by atoms with Crippen LogP contribution in [0.25, 0.3) is 0 Å². The van der Waals surface area contributed by atoms with Crippen molar-refractivity contribution < 1.29 is 101 Å². The molecule has 62 heavy (non-hydrogen) atoms. The van der Waals surface area contributed by atoms with E-state index in [1.54, 1.807) is 0 Å². The third-order valence-corrected chi connectivity index (χ3v) is 10.6. The molecule has 0 aliphatic carbocycles. The minimum atomic E-state index is 0.297. The van der Waals surface area contributed by atoms with Crippen molar-refractivity contribution in [2.75, 3.05) is 6.61 Å². The maximum absolute atomic E-state index is 7.64. The summed E-state index contributed by atoms with van der Waals surface area (Å²) >= 11 is 0. The summed E-state index contributed by atoms with van der Waals surface area (Å²) in [7, 11) is 0. The fraction of sp³-hybridized carbons (Fsp3) is 1.00. The molecule has 374 valence electrons. The largest absolute Gasteiger partial charge is 0.219 e. The van der Waals surface area contributed by atoms with Gasteiger partial charge in [0.05, 0.1) is 6.61 Å². The van der Waals surface area contributed by atoms with Crippen molar-refractivity contribution in [2.45, 2.75) is 264 Å². The maximum atomic E-state index is 7.64. The fourth-order valence-corrected chi connectivity index (χ4v) is 7.19. The number of hydrogen-bond acceptors (Lipinski definition) is 20. The lowest BCUT2D eigenvalue weighted by Gasteiger charge is -2.05. The molecule has 20 heteroatoms. The average Bonchev–Trinajstić information content (AvgIpc) is 3.28. The lowest BCUT2D eigenvalue weighted by molar-refractivity contribution is -0.893. The fourth-order valence-electron chi connectivity index (χ4n) is 7.19. The minimum absolute atomic E-state index is 0.297.